The van der Waals surface area contributed by atoms with Crippen LogP contribution in [0.25, 0.3) is 0 Å². The van der Waals surface area contributed by atoms with Crippen molar-refractivity contribution in [3.63, 3.8) is 0 Å². The molecule has 2 N–H and O–H groups in total. The zero-order chi connectivity index (χ0) is 22.9. The van der Waals surface area contributed by atoms with Crippen LogP contribution in [0, 0.1) is 11.6 Å². The van der Waals surface area contributed by atoms with Gasteiger partial charge in [0.1, 0.15) is 18.4 Å². The minimum Gasteiger partial charge on any atom is -0.471 e. The van der Waals surface area contributed by atoms with Crippen LogP contribution in [0.5, 0.6) is 0 Å². The van der Waals surface area contributed by atoms with Crippen LogP contribution in [-0.2, 0) is 14.3 Å². The van der Waals surface area contributed by atoms with Crippen molar-refractivity contribution in [3.05, 3.63) is 90.0 Å². The summed E-state index contributed by atoms with van der Waals surface area (Å²) in [5, 5.41) is 0. The van der Waals surface area contributed by atoms with Gasteiger partial charge in [0.15, 0.2) is 0 Å². The fourth-order valence-electron chi connectivity index (χ4n) is 2.18. The van der Waals surface area contributed by atoms with Gasteiger partial charge in [0.2, 0.25) is 0 Å². The number of methoxy groups -OCH3 is 1. The highest BCUT2D eigenvalue weighted by Crippen LogP contribution is 2.17. The predicted octanol–water partition coefficient (Wildman–Crippen LogP) is 4.08. The maximum Gasteiger partial charge on any atom is 0.292 e. The molecule has 0 aliphatic heterocycles. The molecular weight excluding hydrogens is 392 g/mol. The highest BCUT2D eigenvalue weighted by molar-refractivity contribution is 5.36. The summed E-state index contributed by atoms with van der Waals surface area (Å²) in [5.74, 6) is -0.420. The van der Waals surface area contributed by atoms with Gasteiger partial charge in [-0.15, -0.1) is 0 Å². The maximum atomic E-state index is 12.7. The zero-order valence-electron chi connectivity index (χ0n) is 17.2. The molecule has 2 atom stereocenters. The number of ether oxygens (including phenoxy) is 1. The van der Waals surface area contributed by atoms with Gasteiger partial charge in [-0.05, 0) is 49.2 Å². The normalized spacial score (nSPS) is 11.1. The van der Waals surface area contributed by atoms with E-state index in [0.717, 1.165) is 11.1 Å². The minimum atomic E-state index is -0.218. The number of halogens is 2. The number of aromatic nitrogens is 2. The summed E-state index contributed by atoms with van der Waals surface area (Å²) in [6, 6.07) is 12.9. The molecule has 3 rings (SSSR count). The van der Waals surface area contributed by atoms with Gasteiger partial charge in [0, 0.05) is 18.4 Å². The maximum absolute atomic E-state index is 12.7. The highest BCUT2D eigenvalue weighted by Gasteiger charge is 2.06. The van der Waals surface area contributed by atoms with E-state index in [4.69, 9.17) is 15.3 Å². The molecule has 1 heterocycles. The molecule has 6 nitrogen and oxygen atoms in total. The Bertz CT molecular complexity index is 809. The number of hydrogen-bond donors (Lipinski definition) is 1. The van der Waals surface area contributed by atoms with Crippen LogP contribution < -0.4 is 5.73 Å². The Morgan fingerprint density at radius 2 is 1.43 bits per heavy atom. The van der Waals surface area contributed by atoms with E-state index in [1.165, 1.54) is 31.4 Å². The molecule has 3 aromatic rings. The van der Waals surface area contributed by atoms with Gasteiger partial charge in [-0.3, -0.25) is 4.79 Å². The molecule has 1 aromatic heterocycles. The number of benzene rings is 2. The molecule has 2 aromatic carbocycles. The second kappa shape index (κ2) is 15.5. The van der Waals surface area contributed by atoms with Crippen molar-refractivity contribution in [2.45, 2.75) is 25.9 Å². The number of imidazole rings is 1. The summed E-state index contributed by atoms with van der Waals surface area (Å²) >= 11 is 0. The second-order valence-corrected chi connectivity index (χ2v) is 5.91. The molecule has 0 unspecified atom stereocenters. The molecule has 0 saturated carbocycles. The molecule has 162 valence electrons. The third-order valence-electron chi connectivity index (χ3n) is 3.82. The molecule has 0 aliphatic rings. The minimum absolute atomic E-state index is 0.0133. The summed E-state index contributed by atoms with van der Waals surface area (Å²) < 4.78 is 30.8. The van der Waals surface area contributed by atoms with E-state index in [0.29, 0.717) is 6.47 Å². The van der Waals surface area contributed by atoms with Gasteiger partial charge in [-0.25, -0.2) is 13.8 Å². The van der Waals surface area contributed by atoms with Crippen LogP contribution in [0.3, 0.4) is 0 Å². The molecule has 0 amide bonds. The van der Waals surface area contributed by atoms with Gasteiger partial charge < -0.3 is 19.8 Å². The molecule has 0 spiro atoms. The molecule has 30 heavy (non-hydrogen) atoms. The Kier molecular flexibility index (Phi) is 13.8. The van der Waals surface area contributed by atoms with E-state index in [9.17, 15) is 8.78 Å². The summed E-state index contributed by atoms with van der Waals surface area (Å²) in [4.78, 5) is 20.9. The lowest BCUT2D eigenvalue weighted by Crippen LogP contribution is -2.04. The number of rotatable bonds is 4. The van der Waals surface area contributed by atoms with Crippen molar-refractivity contribution in [3.8, 4) is 0 Å². The molecular formula is C22H27F2N3O3. The van der Waals surface area contributed by atoms with Crippen molar-refractivity contribution in [2.75, 3.05) is 7.11 Å². The second-order valence-electron chi connectivity index (χ2n) is 5.91. The topological polar surface area (TPSA) is 87.2 Å². The number of carbonyl (C=O) groups excluding carboxylic acids is 2. The summed E-state index contributed by atoms with van der Waals surface area (Å²) in [6.07, 6.45) is 5.39. The van der Waals surface area contributed by atoms with Gasteiger partial charge in [-0.1, -0.05) is 24.3 Å². The standard InChI is InChI=1S/C11H11FN2.C8H10FN.C2H4O2.CH2O/c1-9(14-7-6-13-8-14)10-2-4-11(12)5-3-10;1-6(10)7-2-4-8(9)5-3-7;1-4-2-3;1-2/h2-9H,1H3;2-6H,10H2,1H3;2H,1H3;1H2/t9-;6-;;/m11../s1. The number of hydrogen-bond acceptors (Lipinski definition) is 5. The third-order valence-corrected chi connectivity index (χ3v) is 3.82. The number of nitrogens with two attached hydrogens (primary N) is 1. The van der Waals surface area contributed by atoms with E-state index >= 15 is 0 Å². The van der Waals surface area contributed by atoms with Crippen LogP contribution in [0.4, 0.5) is 8.78 Å². The Morgan fingerprint density at radius 1 is 1.00 bits per heavy atom. The zero-order valence-corrected chi connectivity index (χ0v) is 17.2. The van der Waals surface area contributed by atoms with Crippen molar-refractivity contribution in [1.29, 1.82) is 0 Å². The highest BCUT2D eigenvalue weighted by atomic mass is 19.1. The first-order valence-electron chi connectivity index (χ1n) is 8.88. The fourth-order valence-corrected chi connectivity index (χ4v) is 2.18. The summed E-state index contributed by atoms with van der Waals surface area (Å²) in [6.45, 7) is 6.29. The van der Waals surface area contributed by atoms with E-state index in [-0.39, 0.29) is 23.7 Å². The monoisotopic (exact) mass is 419 g/mol. The average Bonchev–Trinajstić information content (AvgIpc) is 3.31. The smallest absolute Gasteiger partial charge is 0.292 e. The van der Waals surface area contributed by atoms with E-state index < -0.39 is 0 Å². The van der Waals surface area contributed by atoms with Gasteiger partial charge >= 0.3 is 0 Å². The lowest BCUT2D eigenvalue weighted by Gasteiger charge is -2.12. The first-order chi connectivity index (χ1) is 14.4. The lowest BCUT2D eigenvalue weighted by molar-refractivity contribution is -0.126. The van der Waals surface area contributed by atoms with Crippen molar-refractivity contribution >= 4 is 13.3 Å². The molecule has 8 heteroatoms. The van der Waals surface area contributed by atoms with Gasteiger partial charge in [0.05, 0.1) is 19.5 Å². The van der Waals surface area contributed by atoms with Crippen LogP contribution >= 0.6 is 0 Å². The largest absolute Gasteiger partial charge is 0.471 e. The molecule has 0 bridgehead atoms. The fraction of sp³-hybridized carbons (Fsp3) is 0.227. The average molecular weight is 419 g/mol. The summed E-state index contributed by atoms with van der Waals surface area (Å²) in [7, 11) is 1.31. The van der Waals surface area contributed by atoms with Crippen molar-refractivity contribution < 1.29 is 23.1 Å². The molecule has 0 aliphatic carbocycles. The predicted molar refractivity (Wildman–Crippen MR) is 112 cm³/mol. The number of carbonyl (C=O) groups is 2. The van der Waals surface area contributed by atoms with Crippen molar-refractivity contribution in [1.82, 2.24) is 9.55 Å². The van der Waals surface area contributed by atoms with Gasteiger partial charge in [-0.2, -0.15) is 0 Å². The Hall–Kier alpha value is -3.39. The SMILES string of the molecule is C=O.COC=O.C[C@@H](N)c1ccc(F)cc1.C[C@H](c1ccc(F)cc1)n1ccnc1. The Labute approximate surface area is 175 Å². The Morgan fingerprint density at radius 3 is 1.77 bits per heavy atom. The Balaban J connectivity index is 0.000000461. The first-order valence-corrected chi connectivity index (χ1v) is 8.88. The quantitative estimate of drug-likeness (QED) is 0.644. The first kappa shape index (κ1) is 26.6. The third kappa shape index (κ3) is 10.2. The van der Waals surface area contributed by atoms with Gasteiger partial charge in [0.25, 0.3) is 6.47 Å². The molecule has 0 radical (unpaired) electrons. The van der Waals surface area contributed by atoms with E-state index in [1.54, 1.807) is 36.8 Å². The number of nitrogens with zero attached hydrogens (tertiary/aromatic N) is 2. The van der Waals surface area contributed by atoms with E-state index in [2.05, 4.69) is 16.6 Å². The summed E-state index contributed by atoms with van der Waals surface area (Å²) in [5.41, 5.74) is 7.57. The lowest BCUT2D eigenvalue weighted by atomic mass is 10.1. The van der Waals surface area contributed by atoms with Crippen LogP contribution in [-0.4, -0.2) is 29.9 Å². The van der Waals surface area contributed by atoms with Crippen LogP contribution in [0.1, 0.15) is 37.1 Å². The van der Waals surface area contributed by atoms with Crippen molar-refractivity contribution in [2.24, 2.45) is 5.73 Å². The van der Waals surface area contributed by atoms with E-state index in [1.807, 2.05) is 24.5 Å². The molecule has 0 fully saturated rings. The van der Waals surface area contributed by atoms with Crippen LogP contribution in [0.2, 0.25) is 0 Å². The molecule has 0 saturated heterocycles. The van der Waals surface area contributed by atoms with Crippen LogP contribution in [0.15, 0.2) is 67.3 Å².